The maximum absolute atomic E-state index is 12.0. The number of carbonyl (C=O) groups excluding carboxylic acids is 2. The first-order chi connectivity index (χ1) is 20.7. The second-order valence-electron chi connectivity index (χ2n) is 9.38. The standard InChI is InChI=1S/C23H25NO4.C9H8N2O4/c1-2-15-27-22(25)13-7-8-14-24-23(26)28-16-21-19-11-5-3-9-17(19)18-10-4-6-12-20(18)21;1-2-3-6-4-11(5-7(12)13)9(15)10-8(6)14/h2-6,9-12,21H,1,7-8,13-16H2,(H,24,26);4H,5H2,1H3,(H,12,13)(H,10,14,15). The lowest BCUT2D eigenvalue weighted by Crippen LogP contribution is -2.32. The molecule has 4 rings (SSSR count). The molecule has 0 fully saturated rings. The monoisotopic (exact) mass is 587 g/mol. The molecule has 3 N–H and O–H groups in total. The number of carbonyl (C=O) groups is 3. The number of alkyl carbamates (subject to hydrolysis) is 1. The number of hydrogen-bond acceptors (Lipinski definition) is 7. The molecule has 1 aromatic heterocycles. The van der Waals surface area contributed by atoms with E-state index >= 15 is 0 Å². The Balaban J connectivity index is 0.000000285. The van der Waals surface area contributed by atoms with Crippen LogP contribution in [0.15, 0.2) is 77.0 Å². The molecule has 0 saturated carbocycles. The average Bonchev–Trinajstić information content (AvgIpc) is 3.31. The van der Waals surface area contributed by atoms with Gasteiger partial charge in [-0.25, -0.2) is 9.59 Å². The van der Waals surface area contributed by atoms with E-state index in [0.29, 0.717) is 32.4 Å². The number of nitrogens with one attached hydrogen (secondary N) is 2. The Hall–Kier alpha value is -5.37. The van der Waals surface area contributed by atoms with Crippen LogP contribution in [-0.2, 0) is 25.6 Å². The SMILES string of the molecule is C=CCOC(=O)CCCCNC(=O)OCC1c2ccccc2-c2ccccc21.CC#Cc1cn(CC(=O)O)c(=O)[nH]c1=O. The number of aromatic nitrogens is 2. The van der Waals surface area contributed by atoms with Gasteiger partial charge in [0.25, 0.3) is 5.56 Å². The Morgan fingerprint density at radius 3 is 2.30 bits per heavy atom. The van der Waals surface area contributed by atoms with Gasteiger partial charge in [-0.2, -0.15) is 0 Å². The zero-order valence-electron chi connectivity index (χ0n) is 23.8. The maximum atomic E-state index is 12.0. The number of esters is 1. The molecule has 11 nitrogen and oxygen atoms in total. The fraction of sp³-hybridized carbons (Fsp3) is 0.281. The van der Waals surface area contributed by atoms with Gasteiger partial charge in [0, 0.05) is 25.1 Å². The summed E-state index contributed by atoms with van der Waals surface area (Å²) in [5.74, 6) is 3.60. The normalized spacial score (nSPS) is 11.0. The van der Waals surface area contributed by atoms with Crippen LogP contribution >= 0.6 is 0 Å². The third-order valence-electron chi connectivity index (χ3n) is 6.36. The number of carboxylic acids is 1. The first-order valence-electron chi connectivity index (χ1n) is 13.6. The van der Waals surface area contributed by atoms with Gasteiger partial charge in [0.15, 0.2) is 0 Å². The average molecular weight is 588 g/mol. The molecule has 1 heterocycles. The van der Waals surface area contributed by atoms with Crippen molar-refractivity contribution in [2.75, 3.05) is 19.8 Å². The van der Waals surface area contributed by atoms with E-state index in [4.69, 9.17) is 14.6 Å². The van der Waals surface area contributed by atoms with Crippen molar-refractivity contribution < 1.29 is 29.0 Å². The van der Waals surface area contributed by atoms with Crippen LogP contribution in [0, 0.1) is 11.8 Å². The van der Waals surface area contributed by atoms with Gasteiger partial charge < -0.3 is 19.9 Å². The van der Waals surface area contributed by atoms with Crippen LogP contribution in [0.3, 0.4) is 0 Å². The van der Waals surface area contributed by atoms with Crippen molar-refractivity contribution in [2.24, 2.45) is 0 Å². The van der Waals surface area contributed by atoms with Gasteiger partial charge >= 0.3 is 23.7 Å². The summed E-state index contributed by atoms with van der Waals surface area (Å²) in [5.41, 5.74) is 3.48. The number of rotatable bonds is 11. The van der Waals surface area contributed by atoms with Crippen LogP contribution in [0.2, 0.25) is 0 Å². The highest BCUT2D eigenvalue weighted by Gasteiger charge is 2.28. The molecule has 11 heteroatoms. The number of nitrogens with zero attached hydrogens (tertiary/aromatic N) is 1. The lowest BCUT2D eigenvalue weighted by Gasteiger charge is -2.14. The third kappa shape index (κ3) is 9.33. The molecule has 1 aliphatic carbocycles. The van der Waals surface area contributed by atoms with E-state index < -0.39 is 29.9 Å². The first-order valence-corrected chi connectivity index (χ1v) is 13.6. The van der Waals surface area contributed by atoms with Gasteiger partial charge in [-0.05, 0) is 42.0 Å². The topological polar surface area (TPSA) is 157 Å². The first kappa shape index (κ1) is 32.1. The summed E-state index contributed by atoms with van der Waals surface area (Å²) in [5, 5.41) is 11.2. The van der Waals surface area contributed by atoms with Gasteiger partial charge in [-0.15, -0.1) is 5.92 Å². The van der Waals surface area contributed by atoms with E-state index in [2.05, 4.69) is 48.0 Å². The Bertz CT molecular complexity index is 1600. The van der Waals surface area contributed by atoms with Gasteiger partial charge in [-0.3, -0.25) is 23.9 Å². The fourth-order valence-electron chi connectivity index (χ4n) is 4.45. The lowest BCUT2D eigenvalue weighted by atomic mass is 9.98. The zero-order valence-corrected chi connectivity index (χ0v) is 23.8. The van der Waals surface area contributed by atoms with E-state index in [1.807, 2.05) is 29.2 Å². The number of aromatic amines is 1. The molecule has 2 aromatic carbocycles. The molecular weight excluding hydrogens is 554 g/mol. The zero-order chi connectivity index (χ0) is 31.2. The summed E-state index contributed by atoms with van der Waals surface area (Å²) in [6, 6.07) is 16.5. The van der Waals surface area contributed by atoms with Crippen molar-refractivity contribution in [1.82, 2.24) is 14.9 Å². The second-order valence-corrected chi connectivity index (χ2v) is 9.38. The molecular formula is C32H33N3O8. The molecule has 0 saturated heterocycles. The number of fused-ring (bicyclic) bond motifs is 3. The van der Waals surface area contributed by atoms with Crippen molar-refractivity contribution in [3.05, 3.63) is 105 Å². The molecule has 1 amide bonds. The lowest BCUT2D eigenvalue weighted by molar-refractivity contribution is -0.142. The summed E-state index contributed by atoms with van der Waals surface area (Å²) in [6.45, 7) is 5.52. The molecule has 0 spiro atoms. The summed E-state index contributed by atoms with van der Waals surface area (Å²) in [6.07, 6.45) is 3.91. The highest BCUT2D eigenvalue weighted by Crippen LogP contribution is 2.44. The van der Waals surface area contributed by atoms with Crippen molar-refractivity contribution in [2.45, 2.75) is 38.6 Å². The number of carboxylic acid groups (broad SMARTS) is 1. The number of aliphatic carboxylic acids is 1. The number of hydrogen-bond donors (Lipinski definition) is 3. The van der Waals surface area contributed by atoms with Gasteiger partial charge in [0.2, 0.25) is 0 Å². The van der Waals surface area contributed by atoms with Crippen molar-refractivity contribution in [3.63, 3.8) is 0 Å². The van der Waals surface area contributed by atoms with Crippen LogP contribution < -0.4 is 16.6 Å². The van der Waals surface area contributed by atoms with E-state index in [-0.39, 0.29) is 24.1 Å². The van der Waals surface area contributed by atoms with Crippen molar-refractivity contribution in [1.29, 1.82) is 0 Å². The molecule has 0 atom stereocenters. The highest BCUT2D eigenvalue weighted by atomic mass is 16.5. The molecule has 0 bridgehead atoms. The minimum Gasteiger partial charge on any atom is -0.480 e. The van der Waals surface area contributed by atoms with Crippen LogP contribution in [-0.4, -0.2) is 52.4 Å². The number of H-pyrrole nitrogens is 1. The number of amides is 1. The number of ether oxygens (including phenoxy) is 2. The predicted octanol–water partition coefficient (Wildman–Crippen LogP) is 3.42. The van der Waals surface area contributed by atoms with E-state index in [9.17, 15) is 24.0 Å². The smallest absolute Gasteiger partial charge is 0.407 e. The molecule has 0 radical (unpaired) electrons. The Morgan fingerprint density at radius 1 is 1.05 bits per heavy atom. The number of benzene rings is 2. The summed E-state index contributed by atoms with van der Waals surface area (Å²) in [4.78, 5) is 58.0. The van der Waals surface area contributed by atoms with E-state index in [0.717, 1.165) is 10.8 Å². The Morgan fingerprint density at radius 2 is 1.70 bits per heavy atom. The molecule has 43 heavy (non-hydrogen) atoms. The third-order valence-corrected chi connectivity index (χ3v) is 6.36. The second kappa shape index (κ2) is 16.2. The molecule has 0 unspecified atom stereocenters. The fourth-order valence-corrected chi connectivity index (χ4v) is 4.45. The molecule has 1 aliphatic rings. The number of unbranched alkanes of at least 4 members (excludes halogenated alkanes) is 1. The maximum Gasteiger partial charge on any atom is 0.407 e. The Kier molecular flexibility index (Phi) is 12.1. The van der Waals surface area contributed by atoms with E-state index in [1.165, 1.54) is 35.3 Å². The van der Waals surface area contributed by atoms with E-state index in [1.54, 1.807) is 0 Å². The van der Waals surface area contributed by atoms with Gasteiger partial charge in [-0.1, -0.05) is 67.1 Å². The van der Waals surface area contributed by atoms with Crippen molar-refractivity contribution in [3.8, 4) is 23.0 Å². The predicted molar refractivity (Wildman–Crippen MR) is 160 cm³/mol. The summed E-state index contributed by atoms with van der Waals surface area (Å²) >= 11 is 0. The van der Waals surface area contributed by atoms with Gasteiger partial charge in [0.05, 0.1) is 0 Å². The Labute approximate surface area is 248 Å². The summed E-state index contributed by atoms with van der Waals surface area (Å²) in [7, 11) is 0. The minimum atomic E-state index is -1.17. The van der Waals surface area contributed by atoms with Gasteiger partial charge in [0.1, 0.15) is 25.3 Å². The minimum absolute atomic E-state index is 0.0535. The van der Waals surface area contributed by atoms with Crippen LogP contribution in [0.4, 0.5) is 4.79 Å². The highest BCUT2D eigenvalue weighted by molar-refractivity contribution is 5.79. The summed E-state index contributed by atoms with van der Waals surface area (Å²) < 4.78 is 11.2. The molecule has 3 aromatic rings. The quantitative estimate of drug-likeness (QED) is 0.133. The van der Waals surface area contributed by atoms with Crippen LogP contribution in [0.1, 0.15) is 48.8 Å². The largest absolute Gasteiger partial charge is 0.480 e. The molecule has 0 aliphatic heterocycles. The van der Waals surface area contributed by atoms with Crippen LogP contribution in [0.25, 0.3) is 11.1 Å². The van der Waals surface area contributed by atoms with Crippen molar-refractivity contribution >= 4 is 18.0 Å². The van der Waals surface area contributed by atoms with Crippen LogP contribution in [0.5, 0.6) is 0 Å². The molecule has 224 valence electrons.